The summed E-state index contributed by atoms with van der Waals surface area (Å²) in [5.41, 5.74) is 2.50. The summed E-state index contributed by atoms with van der Waals surface area (Å²) in [5.74, 6) is 1.86. The molecular formula is C19H30N2O. The fourth-order valence-corrected chi connectivity index (χ4v) is 2.85. The summed E-state index contributed by atoms with van der Waals surface area (Å²) in [5, 5.41) is 3.35. The van der Waals surface area contributed by atoms with Crippen LogP contribution >= 0.6 is 0 Å². The summed E-state index contributed by atoms with van der Waals surface area (Å²) in [6.07, 6.45) is 4.61. The molecule has 3 nitrogen and oxygen atoms in total. The van der Waals surface area contributed by atoms with Crippen LogP contribution in [-0.4, -0.2) is 25.7 Å². The molecule has 1 aromatic rings. The van der Waals surface area contributed by atoms with E-state index in [1.165, 1.54) is 24.1 Å². The van der Waals surface area contributed by atoms with E-state index in [1.54, 1.807) is 0 Å². The molecule has 3 heteroatoms. The van der Waals surface area contributed by atoms with E-state index < -0.39 is 0 Å². The number of rotatable bonds is 7. The first-order valence-corrected chi connectivity index (χ1v) is 8.46. The number of nitrogens with one attached hydrogen (secondary N) is 1. The predicted octanol–water partition coefficient (Wildman–Crippen LogP) is 3.99. The van der Waals surface area contributed by atoms with Crippen molar-refractivity contribution in [2.24, 2.45) is 5.92 Å². The number of anilines is 1. The lowest BCUT2D eigenvalue weighted by atomic mass is 9.98. The van der Waals surface area contributed by atoms with Crippen molar-refractivity contribution in [3.63, 3.8) is 0 Å². The average Bonchev–Trinajstić information content (AvgIpc) is 2.48. The van der Waals surface area contributed by atoms with E-state index in [-0.39, 0.29) is 6.10 Å². The molecule has 0 aliphatic carbocycles. The third-order valence-corrected chi connectivity index (χ3v) is 4.13. The highest BCUT2D eigenvalue weighted by molar-refractivity contribution is 5.60. The van der Waals surface area contributed by atoms with Crippen LogP contribution in [0.5, 0.6) is 5.75 Å². The highest BCUT2D eigenvalue weighted by Gasteiger charge is 2.19. The number of ether oxygens (including phenoxy) is 1. The lowest BCUT2D eigenvalue weighted by molar-refractivity contribution is 0.242. The molecule has 1 N–H and O–H groups in total. The van der Waals surface area contributed by atoms with Crippen LogP contribution in [-0.2, 0) is 6.54 Å². The SMILES string of the molecule is C=CCNCc1ccc(N2CCC(C)CC2)c(OC(C)C)c1. The van der Waals surface area contributed by atoms with E-state index in [0.717, 1.165) is 37.8 Å². The zero-order valence-electron chi connectivity index (χ0n) is 14.3. The Hall–Kier alpha value is -1.48. The molecule has 0 bridgehead atoms. The van der Waals surface area contributed by atoms with Gasteiger partial charge in [-0.15, -0.1) is 6.58 Å². The average molecular weight is 302 g/mol. The van der Waals surface area contributed by atoms with E-state index in [1.807, 2.05) is 6.08 Å². The Morgan fingerprint density at radius 2 is 2.09 bits per heavy atom. The minimum absolute atomic E-state index is 0.193. The maximum absolute atomic E-state index is 6.08. The molecule has 1 aliphatic heterocycles. The Labute approximate surface area is 135 Å². The molecule has 0 atom stereocenters. The lowest BCUT2D eigenvalue weighted by Gasteiger charge is -2.33. The third-order valence-electron chi connectivity index (χ3n) is 4.13. The molecule has 1 heterocycles. The molecule has 1 aliphatic rings. The molecule has 0 saturated carbocycles. The summed E-state index contributed by atoms with van der Waals surface area (Å²) >= 11 is 0. The fraction of sp³-hybridized carbons (Fsp3) is 0.579. The number of nitrogens with zero attached hydrogens (tertiary/aromatic N) is 1. The van der Waals surface area contributed by atoms with E-state index in [2.05, 4.69) is 55.8 Å². The van der Waals surface area contributed by atoms with Crippen molar-refractivity contribution < 1.29 is 4.74 Å². The van der Waals surface area contributed by atoms with E-state index >= 15 is 0 Å². The number of hydrogen-bond acceptors (Lipinski definition) is 3. The first-order valence-electron chi connectivity index (χ1n) is 8.46. The maximum atomic E-state index is 6.08. The molecule has 0 unspecified atom stereocenters. The van der Waals surface area contributed by atoms with Gasteiger partial charge < -0.3 is 15.0 Å². The minimum atomic E-state index is 0.193. The van der Waals surface area contributed by atoms with Gasteiger partial charge in [-0.3, -0.25) is 0 Å². The van der Waals surface area contributed by atoms with Gasteiger partial charge >= 0.3 is 0 Å². The standard InChI is InChI=1S/C19H30N2O/c1-5-10-20-14-17-6-7-18(19(13-17)22-15(2)3)21-11-8-16(4)9-12-21/h5-7,13,15-16,20H,1,8-12,14H2,2-4H3. The van der Waals surface area contributed by atoms with Crippen LogP contribution in [0, 0.1) is 5.92 Å². The second kappa shape index (κ2) is 8.23. The summed E-state index contributed by atoms with van der Waals surface area (Å²) in [6.45, 7) is 14.2. The molecule has 2 rings (SSSR count). The van der Waals surface area contributed by atoms with Crippen molar-refractivity contribution in [1.29, 1.82) is 0 Å². The molecule has 1 saturated heterocycles. The van der Waals surface area contributed by atoms with Crippen LogP contribution in [0.25, 0.3) is 0 Å². The summed E-state index contributed by atoms with van der Waals surface area (Å²) in [7, 11) is 0. The van der Waals surface area contributed by atoms with E-state index in [0.29, 0.717) is 0 Å². The molecule has 0 aromatic heterocycles. The molecule has 0 spiro atoms. The monoisotopic (exact) mass is 302 g/mol. The van der Waals surface area contributed by atoms with Gasteiger partial charge in [-0.05, 0) is 50.3 Å². The van der Waals surface area contributed by atoms with Crippen molar-refractivity contribution in [3.05, 3.63) is 36.4 Å². The van der Waals surface area contributed by atoms with Gasteiger partial charge in [0.2, 0.25) is 0 Å². The number of hydrogen-bond donors (Lipinski definition) is 1. The number of benzene rings is 1. The van der Waals surface area contributed by atoms with Gasteiger partial charge in [0.25, 0.3) is 0 Å². The van der Waals surface area contributed by atoms with Gasteiger partial charge in [-0.1, -0.05) is 19.1 Å². The molecule has 1 fully saturated rings. The molecule has 122 valence electrons. The Bertz CT molecular complexity index is 476. The lowest BCUT2D eigenvalue weighted by Crippen LogP contribution is -2.33. The predicted molar refractivity (Wildman–Crippen MR) is 94.7 cm³/mol. The van der Waals surface area contributed by atoms with Crippen LogP contribution in [0.1, 0.15) is 39.2 Å². The van der Waals surface area contributed by atoms with Gasteiger partial charge in [0, 0.05) is 26.2 Å². The molecule has 0 radical (unpaired) electrons. The van der Waals surface area contributed by atoms with Crippen molar-refractivity contribution >= 4 is 5.69 Å². The largest absolute Gasteiger partial charge is 0.489 e. The van der Waals surface area contributed by atoms with Gasteiger partial charge in [-0.2, -0.15) is 0 Å². The highest BCUT2D eigenvalue weighted by atomic mass is 16.5. The molecular weight excluding hydrogens is 272 g/mol. The Balaban J connectivity index is 2.14. The van der Waals surface area contributed by atoms with E-state index in [4.69, 9.17) is 4.74 Å². The van der Waals surface area contributed by atoms with Crippen LogP contribution in [0.3, 0.4) is 0 Å². The van der Waals surface area contributed by atoms with Crippen molar-refractivity contribution in [2.75, 3.05) is 24.5 Å². The van der Waals surface area contributed by atoms with Gasteiger partial charge in [0.05, 0.1) is 11.8 Å². The minimum Gasteiger partial charge on any atom is -0.489 e. The second-order valence-electron chi connectivity index (χ2n) is 6.56. The van der Waals surface area contributed by atoms with Crippen molar-refractivity contribution in [2.45, 2.75) is 46.3 Å². The fourth-order valence-electron chi connectivity index (χ4n) is 2.85. The smallest absolute Gasteiger partial charge is 0.143 e. The van der Waals surface area contributed by atoms with Crippen molar-refractivity contribution in [3.8, 4) is 5.75 Å². The van der Waals surface area contributed by atoms with Crippen LogP contribution < -0.4 is 15.0 Å². The van der Waals surface area contributed by atoms with Gasteiger partial charge in [0.1, 0.15) is 5.75 Å². The van der Waals surface area contributed by atoms with Gasteiger partial charge in [-0.25, -0.2) is 0 Å². The van der Waals surface area contributed by atoms with Gasteiger partial charge in [0.15, 0.2) is 0 Å². The summed E-state index contributed by atoms with van der Waals surface area (Å²) in [6, 6.07) is 6.61. The molecule has 1 aromatic carbocycles. The Morgan fingerprint density at radius 3 is 2.73 bits per heavy atom. The first kappa shape index (κ1) is 16.9. The summed E-state index contributed by atoms with van der Waals surface area (Å²) in [4.78, 5) is 2.47. The normalized spacial score (nSPS) is 16.1. The second-order valence-corrected chi connectivity index (χ2v) is 6.56. The topological polar surface area (TPSA) is 24.5 Å². The quantitative estimate of drug-likeness (QED) is 0.609. The zero-order chi connectivity index (χ0) is 15.9. The third kappa shape index (κ3) is 4.77. The zero-order valence-corrected chi connectivity index (χ0v) is 14.3. The number of piperidine rings is 1. The molecule has 22 heavy (non-hydrogen) atoms. The first-order chi connectivity index (χ1) is 10.6. The van der Waals surface area contributed by atoms with E-state index in [9.17, 15) is 0 Å². The maximum Gasteiger partial charge on any atom is 0.143 e. The Kier molecular flexibility index (Phi) is 6.32. The van der Waals surface area contributed by atoms with Crippen LogP contribution in [0.4, 0.5) is 5.69 Å². The molecule has 0 amide bonds. The highest BCUT2D eigenvalue weighted by Crippen LogP contribution is 2.33. The summed E-state index contributed by atoms with van der Waals surface area (Å²) < 4.78 is 6.08. The van der Waals surface area contributed by atoms with Crippen LogP contribution in [0.15, 0.2) is 30.9 Å². The van der Waals surface area contributed by atoms with Crippen molar-refractivity contribution in [1.82, 2.24) is 5.32 Å². The Morgan fingerprint density at radius 1 is 1.36 bits per heavy atom. The van der Waals surface area contributed by atoms with Crippen LogP contribution in [0.2, 0.25) is 0 Å².